The Kier molecular flexibility index (Phi) is 30.3. The van der Waals surface area contributed by atoms with Gasteiger partial charge in [-0.25, -0.2) is 0 Å². The number of allylic oxidation sites excluding steroid dienone is 2. The average molecular weight is 680 g/mol. The number of carboxylic acids is 1. The van der Waals surface area contributed by atoms with Crippen molar-refractivity contribution in [1.82, 2.24) is 21.3 Å². The molecule has 0 bridgehead atoms. The Labute approximate surface area is 275 Å². The Bertz CT molecular complexity index is 933. The Morgan fingerprint density at radius 3 is 1.93 bits per heavy atom. The van der Waals surface area contributed by atoms with Crippen molar-refractivity contribution in [3.8, 4) is 0 Å². The van der Waals surface area contributed by atoms with E-state index in [1.807, 2.05) is 12.3 Å². The second kappa shape index (κ2) is 29.1. The quantitative estimate of drug-likeness (QED) is 0.0510. The number of nitrogens with two attached hydrogens (primary N) is 1. The number of amides is 5. The van der Waals surface area contributed by atoms with Gasteiger partial charge < -0.3 is 32.1 Å². The second-order valence-corrected chi connectivity index (χ2v) is 13.4. The molecule has 0 radical (unpaired) electrons. The van der Waals surface area contributed by atoms with E-state index in [2.05, 4.69) is 48.6 Å². The van der Waals surface area contributed by atoms with Crippen LogP contribution in [0.15, 0.2) is 24.4 Å². The number of primary amides is 1. The summed E-state index contributed by atoms with van der Waals surface area (Å²) in [7, 11) is 3.05. The molecule has 3 atom stereocenters. The molecule has 0 aromatic rings. The fraction of sp³-hybridized carbons (Fsp3) is 0.655. The zero-order valence-electron chi connectivity index (χ0n) is 27.3. The molecule has 2 unspecified atom stereocenters. The third-order valence-electron chi connectivity index (χ3n) is 5.05. The van der Waals surface area contributed by atoms with E-state index in [1.54, 1.807) is 20.8 Å². The van der Waals surface area contributed by atoms with Gasteiger partial charge in [-0.2, -0.15) is 0 Å². The Hall–Kier alpha value is -2.65. The largest absolute Gasteiger partial charge is 0.480 e. The molecule has 0 aliphatic carbocycles. The lowest BCUT2D eigenvalue weighted by Crippen LogP contribution is -2.50. The van der Waals surface area contributed by atoms with Gasteiger partial charge in [-0.05, 0) is 32.4 Å². The third-order valence-corrected chi connectivity index (χ3v) is 8.15. The molecule has 0 saturated carbocycles. The van der Waals surface area contributed by atoms with Crippen LogP contribution in [-0.2, 0) is 28.8 Å². The predicted octanol–water partition coefficient (Wildman–Crippen LogP) is 3.23. The normalized spacial score (nSPS) is 12.5. The molecule has 0 spiro atoms. The maximum Gasteiger partial charge on any atom is 0.318 e. The van der Waals surface area contributed by atoms with Crippen LogP contribution in [0.4, 0.5) is 0 Å². The summed E-state index contributed by atoms with van der Waals surface area (Å²) >= 11 is 0.984. The minimum atomic E-state index is -1.16. The van der Waals surface area contributed by atoms with Crippen LogP contribution in [0.25, 0.3) is 0 Å². The first-order chi connectivity index (χ1) is 20.7. The van der Waals surface area contributed by atoms with Gasteiger partial charge in [-0.3, -0.25) is 28.8 Å². The van der Waals surface area contributed by atoms with E-state index >= 15 is 0 Å². The van der Waals surface area contributed by atoms with Crippen LogP contribution in [0.1, 0.15) is 74.1 Å². The third kappa shape index (κ3) is 24.8. The van der Waals surface area contributed by atoms with Crippen LogP contribution < -0.4 is 27.0 Å². The predicted molar refractivity (Wildman–Crippen MR) is 184 cm³/mol. The summed E-state index contributed by atoms with van der Waals surface area (Å²) in [5, 5.41) is 18.7. The number of thioether (sulfide) groups is 1. The maximum absolute atomic E-state index is 12.8. The molecule has 0 aliphatic rings. The van der Waals surface area contributed by atoms with Gasteiger partial charge >= 0.3 is 5.97 Å². The Balaban J connectivity index is -0.00000216. The maximum atomic E-state index is 12.8. The van der Waals surface area contributed by atoms with Crippen molar-refractivity contribution < 1.29 is 33.9 Å². The summed E-state index contributed by atoms with van der Waals surface area (Å²) in [5.74, 6) is -3.45. The lowest BCUT2D eigenvalue weighted by molar-refractivity contribution is -0.137. The molecule has 0 saturated heterocycles. The number of carbonyl (C=O) groups is 6. The number of carboxylic acid groups (broad SMARTS) is 1. The molecule has 0 aliphatic heterocycles. The number of hydrogen-bond acceptors (Lipinski definition) is 9. The fourth-order valence-electron chi connectivity index (χ4n) is 2.83. The van der Waals surface area contributed by atoms with Crippen LogP contribution in [-0.4, -0.2) is 82.3 Å². The van der Waals surface area contributed by atoms with Crippen molar-refractivity contribution in [2.45, 2.75) is 91.5 Å². The summed E-state index contributed by atoms with van der Waals surface area (Å²) in [6.07, 6.45) is 7.70. The zero-order valence-corrected chi connectivity index (χ0v) is 29.8. The molecule has 0 fully saturated rings. The first-order valence-corrected chi connectivity index (χ1v) is 18.2. The molecule has 0 heterocycles. The molecule has 44 heavy (non-hydrogen) atoms. The number of rotatable bonds is 19. The lowest BCUT2D eigenvalue weighted by Gasteiger charge is -2.28. The topological polar surface area (TPSA) is 197 Å². The number of carbonyl (C=O) groups excluding carboxylic acids is 5. The molecule has 254 valence electrons. The SMILES string of the molecule is C/C=C(\NC(=O)CCSSC)C(=O)NC(C(C)C)C(SCCC(=O)N[C@@H](C)C(=O)NCC(N)=O)C(=O)O.C=CCC.CCC. The molecular weight excluding hydrogens is 627 g/mol. The van der Waals surface area contributed by atoms with Crippen LogP contribution in [0.2, 0.25) is 0 Å². The number of aliphatic carboxylic acids is 1. The molecule has 12 nitrogen and oxygen atoms in total. The summed E-state index contributed by atoms with van der Waals surface area (Å²) in [5.41, 5.74) is 4.99. The van der Waals surface area contributed by atoms with Gasteiger partial charge in [-0.15, -0.1) is 18.3 Å². The van der Waals surface area contributed by atoms with E-state index in [0.29, 0.717) is 5.75 Å². The minimum Gasteiger partial charge on any atom is -0.480 e. The highest BCUT2D eigenvalue weighted by Crippen LogP contribution is 2.22. The van der Waals surface area contributed by atoms with Crippen molar-refractivity contribution in [3.05, 3.63) is 24.4 Å². The van der Waals surface area contributed by atoms with Crippen molar-refractivity contribution in [2.24, 2.45) is 11.7 Å². The average Bonchev–Trinajstić information content (AvgIpc) is 2.96. The Morgan fingerprint density at radius 1 is 0.955 bits per heavy atom. The molecule has 7 N–H and O–H groups in total. The number of nitrogens with one attached hydrogen (secondary N) is 4. The highest BCUT2D eigenvalue weighted by atomic mass is 33.1. The second-order valence-electron chi connectivity index (χ2n) is 9.49. The first kappa shape index (κ1) is 45.8. The van der Waals surface area contributed by atoms with E-state index in [1.165, 1.54) is 41.0 Å². The van der Waals surface area contributed by atoms with Gasteiger partial charge in [0.1, 0.15) is 17.0 Å². The summed E-state index contributed by atoms with van der Waals surface area (Å²) < 4.78 is 0. The Morgan fingerprint density at radius 2 is 1.50 bits per heavy atom. The molecular formula is C29H53N5O7S3. The minimum absolute atomic E-state index is 0.0296. The molecule has 15 heteroatoms. The van der Waals surface area contributed by atoms with E-state index < -0.39 is 46.9 Å². The standard InChI is InChI=1S/C22H37N5O7S3.C4H8.C3H8/c1-6-14(26-17(30)8-10-37-35-5)21(32)27-18(12(2)3)19(22(33)34)36-9-7-16(29)25-13(4)20(31)24-11-15(23)28;1-3-4-2;1-3-2/h6,12-13,18-19H,7-11H2,1-5H3,(H2,23,28)(H,24,31)(H,25,29)(H,26,30)(H,27,32)(H,33,34);3H,1,4H2,2H3;3H2,1-2H3/b14-6-;;/t13-,18?,19?;;/m0../s1. The molecule has 0 rings (SSSR count). The van der Waals surface area contributed by atoms with Gasteiger partial charge in [0.15, 0.2) is 0 Å². The van der Waals surface area contributed by atoms with E-state index in [9.17, 15) is 33.9 Å². The van der Waals surface area contributed by atoms with Crippen LogP contribution in [0.3, 0.4) is 0 Å². The number of hydrogen-bond donors (Lipinski definition) is 6. The van der Waals surface area contributed by atoms with Crippen molar-refractivity contribution >= 4 is 68.9 Å². The van der Waals surface area contributed by atoms with Gasteiger partial charge in [0.2, 0.25) is 23.6 Å². The van der Waals surface area contributed by atoms with Crippen molar-refractivity contribution in [1.29, 1.82) is 0 Å². The van der Waals surface area contributed by atoms with Crippen LogP contribution in [0.5, 0.6) is 0 Å². The van der Waals surface area contributed by atoms with E-state index in [0.717, 1.165) is 18.2 Å². The molecule has 0 aromatic heterocycles. The summed E-state index contributed by atoms with van der Waals surface area (Å²) in [6.45, 7) is 16.0. The smallest absolute Gasteiger partial charge is 0.318 e. The first-order valence-electron chi connectivity index (χ1n) is 14.4. The van der Waals surface area contributed by atoms with E-state index in [-0.39, 0.29) is 42.7 Å². The van der Waals surface area contributed by atoms with Gasteiger partial charge in [0.25, 0.3) is 5.91 Å². The summed E-state index contributed by atoms with van der Waals surface area (Å²) in [4.78, 5) is 71.7. The zero-order chi connectivity index (χ0) is 34.7. The van der Waals surface area contributed by atoms with Crippen molar-refractivity contribution in [3.63, 3.8) is 0 Å². The lowest BCUT2D eigenvalue weighted by atomic mass is 10.00. The van der Waals surface area contributed by atoms with Gasteiger partial charge in [-0.1, -0.05) is 74.8 Å². The van der Waals surface area contributed by atoms with Crippen LogP contribution in [0, 0.1) is 5.92 Å². The monoisotopic (exact) mass is 679 g/mol. The van der Waals surface area contributed by atoms with E-state index in [4.69, 9.17) is 5.73 Å². The highest BCUT2D eigenvalue weighted by Gasteiger charge is 2.33. The highest BCUT2D eigenvalue weighted by molar-refractivity contribution is 8.76. The fourth-order valence-corrected chi connectivity index (χ4v) is 5.30. The van der Waals surface area contributed by atoms with Gasteiger partial charge in [0, 0.05) is 24.3 Å². The molecule has 0 aromatic carbocycles. The van der Waals surface area contributed by atoms with Crippen molar-refractivity contribution in [2.75, 3.05) is 24.3 Å². The van der Waals surface area contributed by atoms with Gasteiger partial charge in [0.05, 0.1) is 12.6 Å². The molecule has 5 amide bonds. The van der Waals surface area contributed by atoms with Crippen LogP contribution >= 0.6 is 33.3 Å². The summed E-state index contributed by atoms with van der Waals surface area (Å²) in [6, 6.07) is -1.71.